The van der Waals surface area contributed by atoms with Crippen molar-refractivity contribution in [2.45, 2.75) is 13.0 Å². The number of hydrogen-bond acceptors (Lipinski definition) is 4. The molecule has 3 nitrogen and oxygen atoms in total. The summed E-state index contributed by atoms with van der Waals surface area (Å²) >= 11 is 1.61. The van der Waals surface area contributed by atoms with Crippen LogP contribution in [0.25, 0.3) is 0 Å². The first-order valence-corrected chi connectivity index (χ1v) is 6.81. The first-order valence-electron chi connectivity index (χ1n) is 5.93. The molecule has 0 amide bonds. The molecule has 0 fully saturated rings. The lowest BCUT2D eigenvalue weighted by molar-refractivity contribution is 0.628. The third-order valence-electron chi connectivity index (χ3n) is 3.07. The summed E-state index contributed by atoms with van der Waals surface area (Å²) in [5.74, 6) is -0.187. The number of hydrogen-bond donors (Lipinski definition) is 1. The van der Waals surface area contributed by atoms with Crippen molar-refractivity contribution < 1.29 is 4.39 Å². The van der Waals surface area contributed by atoms with E-state index in [-0.39, 0.29) is 5.82 Å². The summed E-state index contributed by atoms with van der Waals surface area (Å²) in [6.07, 6.45) is 0.955. The maximum atomic E-state index is 13.3. The van der Waals surface area contributed by atoms with Crippen molar-refractivity contribution in [3.8, 4) is 0 Å². The zero-order chi connectivity index (χ0) is 12.5. The summed E-state index contributed by atoms with van der Waals surface area (Å²) in [7, 11) is 1.90. The van der Waals surface area contributed by atoms with E-state index in [9.17, 15) is 4.39 Å². The molecular formula is C13H14FN3S. The largest absolute Gasteiger partial charge is 0.317 e. The Bertz CT molecular complexity index is 567. The van der Waals surface area contributed by atoms with Gasteiger partial charge in [0.1, 0.15) is 5.82 Å². The van der Waals surface area contributed by atoms with E-state index in [1.807, 2.05) is 18.5 Å². The lowest BCUT2D eigenvalue weighted by Gasteiger charge is -2.15. The molecule has 2 aromatic rings. The molecule has 3 rings (SSSR count). The van der Waals surface area contributed by atoms with Crippen LogP contribution in [0.15, 0.2) is 23.6 Å². The van der Waals surface area contributed by atoms with Crippen LogP contribution in [0.4, 0.5) is 15.2 Å². The van der Waals surface area contributed by atoms with Crippen molar-refractivity contribution in [2.24, 2.45) is 0 Å². The molecule has 0 aliphatic carbocycles. The van der Waals surface area contributed by atoms with E-state index in [4.69, 9.17) is 0 Å². The molecule has 1 aromatic heterocycles. The van der Waals surface area contributed by atoms with E-state index >= 15 is 0 Å². The second-order valence-electron chi connectivity index (χ2n) is 4.33. The van der Waals surface area contributed by atoms with E-state index in [0.717, 1.165) is 36.0 Å². The molecule has 2 heterocycles. The van der Waals surface area contributed by atoms with E-state index in [2.05, 4.69) is 15.2 Å². The van der Waals surface area contributed by atoms with E-state index in [0.29, 0.717) is 0 Å². The minimum Gasteiger partial charge on any atom is -0.317 e. The Morgan fingerprint density at radius 2 is 2.39 bits per heavy atom. The Hall–Kier alpha value is -1.46. The van der Waals surface area contributed by atoms with E-state index in [1.165, 1.54) is 11.6 Å². The number of benzene rings is 1. The van der Waals surface area contributed by atoms with Gasteiger partial charge in [-0.1, -0.05) is 6.07 Å². The predicted octanol–water partition coefficient (Wildman–Crippen LogP) is 2.70. The smallest absolute Gasteiger partial charge is 0.190 e. The number of aromatic nitrogens is 1. The SMILES string of the molecule is CNCc1csc(N2CCc3ccc(F)cc32)n1. The van der Waals surface area contributed by atoms with Crippen molar-refractivity contribution >= 4 is 22.2 Å². The Balaban J connectivity index is 1.92. The Labute approximate surface area is 109 Å². The highest BCUT2D eigenvalue weighted by atomic mass is 32.1. The van der Waals surface area contributed by atoms with Gasteiger partial charge >= 0.3 is 0 Å². The van der Waals surface area contributed by atoms with Crippen LogP contribution in [0.1, 0.15) is 11.3 Å². The maximum Gasteiger partial charge on any atom is 0.190 e. The molecule has 94 valence electrons. The van der Waals surface area contributed by atoms with Crippen LogP contribution in [0.3, 0.4) is 0 Å². The van der Waals surface area contributed by atoms with Gasteiger partial charge in [-0.2, -0.15) is 0 Å². The third-order valence-corrected chi connectivity index (χ3v) is 3.98. The fraction of sp³-hybridized carbons (Fsp3) is 0.308. The Morgan fingerprint density at radius 3 is 3.22 bits per heavy atom. The van der Waals surface area contributed by atoms with Crippen molar-refractivity contribution in [3.63, 3.8) is 0 Å². The van der Waals surface area contributed by atoms with Gasteiger partial charge in [-0.05, 0) is 31.2 Å². The first kappa shape index (κ1) is 11.6. The lowest BCUT2D eigenvalue weighted by atomic mass is 10.2. The van der Waals surface area contributed by atoms with Crippen LogP contribution < -0.4 is 10.2 Å². The number of anilines is 2. The molecule has 1 aliphatic heterocycles. The monoisotopic (exact) mass is 263 g/mol. The van der Waals surface area contributed by atoms with Crippen LogP contribution in [-0.2, 0) is 13.0 Å². The summed E-state index contributed by atoms with van der Waals surface area (Å²) < 4.78 is 13.3. The van der Waals surface area contributed by atoms with Crippen molar-refractivity contribution in [3.05, 3.63) is 40.7 Å². The lowest BCUT2D eigenvalue weighted by Crippen LogP contribution is -2.13. The number of fused-ring (bicyclic) bond motifs is 1. The second kappa shape index (κ2) is 4.66. The summed E-state index contributed by atoms with van der Waals surface area (Å²) in [5.41, 5.74) is 3.18. The molecule has 0 radical (unpaired) electrons. The molecule has 0 saturated carbocycles. The molecule has 0 atom stereocenters. The second-order valence-corrected chi connectivity index (χ2v) is 5.16. The number of rotatable bonds is 3. The van der Waals surface area contributed by atoms with Crippen LogP contribution >= 0.6 is 11.3 Å². The third kappa shape index (κ3) is 2.00. The van der Waals surface area contributed by atoms with Crippen LogP contribution in [-0.4, -0.2) is 18.6 Å². The zero-order valence-corrected chi connectivity index (χ0v) is 10.9. The summed E-state index contributed by atoms with van der Waals surface area (Å²) in [4.78, 5) is 6.67. The Morgan fingerprint density at radius 1 is 1.50 bits per heavy atom. The number of thiazole rings is 1. The van der Waals surface area contributed by atoms with Gasteiger partial charge in [0.2, 0.25) is 0 Å². The zero-order valence-electron chi connectivity index (χ0n) is 10.1. The standard InChI is InChI=1S/C13H14FN3S/c1-15-7-11-8-18-13(16-11)17-5-4-9-2-3-10(14)6-12(9)17/h2-3,6,8,15H,4-5,7H2,1H3. The van der Waals surface area contributed by atoms with Crippen LogP contribution in [0.5, 0.6) is 0 Å². The number of nitrogens with one attached hydrogen (secondary N) is 1. The highest BCUT2D eigenvalue weighted by molar-refractivity contribution is 7.13. The first-order chi connectivity index (χ1) is 8.78. The normalized spacial score (nSPS) is 14.0. The van der Waals surface area contributed by atoms with Gasteiger partial charge < -0.3 is 10.2 Å². The van der Waals surface area contributed by atoms with Gasteiger partial charge in [0.25, 0.3) is 0 Å². The molecular weight excluding hydrogens is 249 g/mol. The van der Waals surface area contributed by atoms with Crippen LogP contribution in [0.2, 0.25) is 0 Å². The van der Waals surface area contributed by atoms with Gasteiger partial charge in [-0.15, -0.1) is 11.3 Å². The van der Waals surface area contributed by atoms with Gasteiger partial charge in [0.05, 0.1) is 5.69 Å². The molecule has 1 N–H and O–H groups in total. The summed E-state index contributed by atoms with van der Waals surface area (Å²) in [6.45, 7) is 1.64. The number of halogens is 1. The average molecular weight is 263 g/mol. The number of nitrogens with zero attached hydrogens (tertiary/aromatic N) is 2. The quantitative estimate of drug-likeness (QED) is 0.923. The summed E-state index contributed by atoms with van der Waals surface area (Å²) in [5, 5.41) is 6.08. The highest BCUT2D eigenvalue weighted by Crippen LogP contribution is 2.36. The van der Waals surface area contributed by atoms with Crippen molar-refractivity contribution in [1.82, 2.24) is 10.3 Å². The van der Waals surface area contributed by atoms with Gasteiger partial charge in [-0.25, -0.2) is 9.37 Å². The topological polar surface area (TPSA) is 28.2 Å². The fourth-order valence-corrected chi connectivity index (χ4v) is 3.10. The van der Waals surface area contributed by atoms with Crippen molar-refractivity contribution in [2.75, 3.05) is 18.5 Å². The molecule has 5 heteroatoms. The van der Waals surface area contributed by atoms with Gasteiger partial charge in [0.15, 0.2) is 5.13 Å². The van der Waals surface area contributed by atoms with Crippen LogP contribution in [0, 0.1) is 5.82 Å². The highest BCUT2D eigenvalue weighted by Gasteiger charge is 2.23. The molecule has 1 aliphatic rings. The predicted molar refractivity (Wildman–Crippen MR) is 72.0 cm³/mol. The minimum atomic E-state index is -0.187. The molecule has 0 unspecified atom stereocenters. The molecule has 18 heavy (non-hydrogen) atoms. The molecule has 0 spiro atoms. The molecule has 0 bridgehead atoms. The van der Waals surface area contributed by atoms with Gasteiger partial charge in [0, 0.05) is 24.2 Å². The summed E-state index contributed by atoms with van der Waals surface area (Å²) in [6, 6.07) is 4.99. The fourth-order valence-electron chi connectivity index (χ4n) is 2.23. The van der Waals surface area contributed by atoms with E-state index < -0.39 is 0 Å². The van der Waals surface area contributed by atoms with Crippen molar-refractivity contribution in [1.29, 1.82) is 0 Å². The van der Waals surface area contributed by atoms with E-state index in [1.54, 1.807) is 17.4 Å². The Kier molecular flexibility index (Phi) is 3.01. The molecule has 1 aromatic carbocycles. The maximum absolute atomic E-state index is 13.3. The average Bonchev–Trinajstić information content (AvgIpc) is 2.95. The minimum absolute atomic E-state index is 0.187. The molecule has 0 saturated heterocycles. The van der Waals surface area contributed by atoms with Gasteiger partial charge in [-0.3, -0.25) is 0 Å².